The molecule has 0 bridgehead atoms. The van der Waals surface area contributed by atoms with Crippen molar-refractivity contribution in [1.29, 1.82) is 0 Å². The Balaban J connectivity index is 2.08. The number of nitrogens with one attached hydrogen (secondary N) is 1. The van der Waals surface area contributed by atoms with Gasteiger partial charge in [0.1, 0.15) is 0 Å². The Kier molecular flexibility index (Phi) is 4.59. The molecule has 0 heterocycles. The smallest absolute Gasteiger partial charge is 0.248 e. The fourth-order valence-corrected chi connectivity index (χ4v) is 2.04. The van der Waals surface area contributed by atoms with Gasteiger partial charge in [-0.3, -0.25) is 4.79 Å². The Morgan fingerprint density at radius 1 is 1.15 bits per heavy atom. The molecular formula is C17H16ClNO. The summed E-state index contributed by atoms with van der Waals surface area (Å²) in [4.78, 5) is 11.9. The van der Waals surface area contributed by atoms with Crippen LogP contribution < -0.4 is 5.32 Å². The van der Waals surface area contributed by atoms with Gasteiger partial charge in [0.05, 0.1) is 0 Å². The fourth-order valence-electron chi connectivity index (χ4n) is 1.84. The Bertz CT molecular complexity index is 662. The van der Waals surface area contributed by atoms with E-state index < -0.39 is 0 Å². The van der Waals surface area contributed by atoms with E-state index in [2.05, 4.69) is 5.32 Å². The van der Waals surface area contributed by atoms with Gasteiger partial charge in [-0.05, 0) is 54.8 Å². The van der Waals surface area contributed by atoms with Crippen molar-refractivity contribution in [3.8, 4) is 0 Å². The highest BCUT2D eigenvalue weighted by Gasteiger charge is 2.03. The average Bonchev–Trinajstić information content (AvgIpc) is 2.42. The molecule has 2 aromatic carbocycles. The Labute approximate surface area is 124 Å². The van der Waals surface area contributed by atoms with Crippen LogP contribution in [0.1, 0.15) is 16.7 Å². The van der Waals surface area contributed by atoms with Gasteiger partial charge in [-0.25, -0.2) is 0 Å². The van der Waals surface area contributed by atoms with Crippen molar-refractivity contribution in [2.45, 2.75) is 13.8 Å². The SMILES string of the molecule is Cc1cccc(NC(=O)/C=C/c2cccc(Cl)c2)c1C. The molecule has 0 saturated carbocycles. The summed E-state index contributed by atoms with van der Waals surface area (Å²) in [6, 6.07) is 13.2. The minimum Gasteiger partial charge on any atom is -0.322 e. The first-order valence-corrected chi connectivity index (χ1v) is 6.75. The van der Waals surface area contributed by atoms with Gasteiger partial charge in [0.25, 0.3) is 0 Å². The van der Waals surface area contributed by atoms with Gasteiger partial charge in [0.15, 0.2) is 0 Å². The fraction of sp³-hybridized carbons (Fsp3) is 0.118. The molecule has 0 aliphatic carbocycles. The van der Waals surface area contributed by atoms with Crippen LogP contribution in [0.4, 0.5) is 5.69 Å². The number of hydrogen-bond acceptors (Lipinski definition) is 1. The summed E-state index contributed by atoms with van der Waals surface area (Å²) in [7, 11) is 0. The van der Waals surface area contributed by atoms with E-state index in [0.717, 1.165) is 22.4 Å². The van der Waals surface area contributed by atoms with Crippen molar-refractivity contribution in [3.05, 3.63) is 70.3 Å². The van der Waals surface area contributed by atoms with Gasteiger partial charge >= 0.3 is 0 Å². The number of aryl methyl sites for hydroxylation is 1. The first-order chi connectivity index (χ1) is 9.56. The molecule has 0 atom stereocenters. The molecule has 0 spiro atoms. The molecule has 0 fully saturated rings. The van der Waals surface area contributed by atoms with Gasteiger partial charge in [-0.1, -0.05) is 35.9 Å². The molecule has 20 heavy (non-hydrogen) atoms. The Morgan fingerprint density at radius 2 is 1.90 bits per heavy atom. The van der Waals surface area contributed by atoms with Crippen LogP contribution in [0.3, 0.4) is 0 Å². The molecule has 0 aromatic heterocycles. The molecule has 2 nitrogen and oxygen atoms in total. The highest BCUT2D eigenvalue weighted by atomic mass is 35.5. The summed E-state index contributed by atoms with van der Waals surface area (Å²) in [6.45, 7) is 4.01. The molecule has 3 heteroatoms. The lowest BCUT2D eigenvalue weighted by molar-refractivity contribution is -0.111. The Hall–Kier alpha value is -2.06. The molecular weight excluding hydrogens is 270 g/mol. The van der Waals surface area contributed by atoms with E-state index in [9.17, 15) is 4.79 Å². The second-order valence-electron chi connectivity index (χ2n) is 4.63. The maximum atomic E-state index is 11.9. The van der Waals surface area contributed by atoms with Crippen molar-refractivity contribution >= 4 is 29.3 Å². The summed E-state index contributed by atoms with van der Waals surface area (Å²) in [5.41, 5.74) is 3.97. The number of benzene rings is 2. The first kappa shape index (κ1) is 14.4. The number of amides is 1. The highest BCUT2D eigenvalue weighted by molar-refractivity contribution is 6.30. The number of carbonyl (C=O) groups excluding carboxylic acids is 1. The zero-order valence-corrected chi connectivity index (χ0v) is 12.2. The van der Waals surface area contributed by atoms with Crippen molar-refractivity contribution in [1.82, 2.24) is 0 Å². The lowest BCUT2D eigenvalue weighted by Gasteiger charge is -2.08. The summed E-state index contributed by atoms with van der Waals surface area (Å²) in [5.74, 6) is -0.154. The van der Waals surface area contributed by atoms with Crippen LogP contribution in [-0.2, 0) is 4.79 Å². The van der Waals surface area contributed by atoms with E-state index in [4.69, 9.17) is 11.6 Å². The summed E-state index contributed by atoms with van der Waals surface area (Å²) in [6.07, 6.45) is 3.25. The predicted octanol–water partition coefficient (Wildman–Crippen LogP) is 4.61. The molecule has 0 radical (unpaired) electrons. The summed E-state index contributed by atoms with van der Waals surface area (Å²) < 4.78 is 0. The normalized spacial score (nSPS) is 10.8. The predicted molar refractivity (Wildman–Crippen MR) is 85.0 cm³/mol. The number of hydrogen-bond donors (Lipinski definition) is 1. The van der Waals surface area contributed by atoms with Crippen LogP contribution in [0.25, 0.3) is 6.08 Å². The first-order valence-electron chi connectivity index (χ1n) is 6.37. The second kappa shape index (κ2) is 6.40. The molecule has 0 saturated heterocycles. The second-order valence-corrected chi connectivity index (χ2v) is 5.06. The third kappa shape index (κ3) is 3.72. The van der Waals surface area contributed by atoms with Gasteiger partial charge in [0.2, 0.25) is 5.91 Å². The lowest BCUT2D eigenvalue weighted by atomic mass is 10.1. The third-order valence-corrected chi connectivity index (χ3v) is 3.37. The number of halogens is 1. The van der Waals surface area contributed by atoms with Crippen molar-refractivity contribution in [2.75, 3.05) is 5.32 Å². The molecule has 0 aliphatic rings. The zero-order valence-electron chi connectivity index (χ0n) is 11.5. The van der Waals surface area contributed by atoms with Crippen LogP contribution in [0.15, 0.2) is 48.5 Å². The molecule has 102 valence electrons. The maximum Gasteiger partial charge on any atom is 0.248 e. The number of carbonyl (C=O) groups is 1. The topological polar surface area (TPSA) is 29.1 Å². The standard InChI is InChI=1S/C17H16ClNO/c1-12-5-3-8-16(13(12)2)19-17(20)10-9-14-6-4-7-15(18)11-14/h3-11H,1-2H3,(H,19,20)/b10-9+. The molecule has 1 amide bonds. The van der Waals surface area contributed by atoms with Crippen molar-refractivity contribution < 1.29 is 4.79 Å². The van der Waals surface area contributed by atoms with Crippen LogP contribution in [0, 0.1) is 13.8 Å². The highest BCUT2D eigenvalue weighted by Crippen LogP contribution is 2.18. The monoisotopic (exact) mass is 285 g/mol. The summed E-state index contributed by atoms with van der Waals surface area (Å²) >= 11 is 5.89. The van der Waals surface area contributed by atoms with Crippen molar-refractivity contribution in [3.63, 3.8) is 0 Å². The van der Waals surface area contributed by atoms with E-state index >= 15 is 0 Å². The zero-order chi connectivity index (χ0) is 14.5. The van der Waals surface area contributed by atoms with E-state index in [1.807, 2.05) is 50.2 Å². The van der Waals surface area contributed by atoms with Crippen LogP contribution in [-0.4, -0.2) is 5.91 Å². The molecule has 0 unspecified atom stereocenters. The van der Waals surface area contributed by atoms with Gasteiger partial charge in [-0.15, -0.1) is 0 Å². The molecule has 1 N–H and O–H groups in total. The quantitative estimate of drug-likeness (QED) is 0.820. The van der Waals surface area contributed by atoms with E-state index in [0.29, 0.717) is 5.02 Å². The van der Waals surface area contributed by atoms with Gasteiger partial charge in [-0.2, -0.15) is 0 Å². The molecule has 0 aliphatic heterocycles. The largest absolute Gasteiger partial charge is 0.322 e. The van der Waals surface area contributed by atoms with Crippen LogP contribution in [0.5, 0.6) is 0 Å². The number of anilines is 1. The molecule has 2 aromatic rings. The van der Waals surface area contributed by atoms with Gasteiger partial charge in [0, 0.05) is 16.8 Å². The molecule has 2 rings (SSSR count). The maximum absolute atomic E-state index is 11.9. The van der Waals surface area contributed by atoms with Crippen LogP contribution in [0.2, 0.25) is 5.02 Å². The minimum atomic E-state index is -0.154. The third-order valence-electron chi connectivity index (χ3n) is 3.14. The number of rotatable bonds is 3. The average molecular weight is 286 g/mol. The van der Waals surface area contributed by atoms with E-state index in [-0.39, 0.29) is 5.91 Å². The van der Waals surface area contributed by atoms with Crippen LogP contribution >= 0.6 is 11.6 Å². The van der Waals surface area contributed by atoms with E-state index in [1.165, 1.54) is 6.08 Å². The lowest BCUT2D eigenvalue weighted by Crippen LogP contribution is -2.09. The minimum absolute atomic E-state index is 0.154. The van der Waals surface area contributed by atoms with Crippen molar-refractivity contribution in [2.24, 2.45) is 0 Å². The Morgan fingerprint density at radius 3 is 2.65 bits per heavy atom. The summed E-state index contributed by atoms with van der Waals surface area (Å²) in [5, 5.41) is 3.53. The van der Waals surface area contributed by atoms with E-state index in [1.54, 1.807) is 12.1 Å². The van der Waals surface area contributed by atoms with Gasteiger partial charge < -0.3 is 5.32 Å².